The van der Waals surface area contributed by atoms with Crippen LogP contribution in [0, 0.1) is 11.8 Å². The van der Waals surface area contributed by atoms with Gasteiger partial charge in [0.1, 0.15) is 0 Å². The molecular formula is C18H30N2O. The van der Waals surface area contributed by atoms with E-state index in [1.165, 1.54) is 5.57 Å². The molecule has 0 bridgehead atoms. The van der Waals surface area contributed by atoms with Gasteiger partial charge in [-0.2, -0.15) is 5.10 Å². The minimum absolute atomic E-state index is 0.277. The van der Waals surface area contributed by atoms with E-state index in [9.17, 15) is 5.11 Å². The largest absolute Gasteiger partial charge is 0.392 e. The van der Waals surface area contributed by atoms with E-state index in [1.54, 1.807) is 0 Å². The Morgan fingerprint density at radius 3 is 2.71 bits per heavy atom. The van der Waals surface area contributed by atoms with E-state index >= 15 is 0 Å². The van der Waals surface area contributed by atoms with Crippen molar-refractivity contribution in [3.63, 3.8) is 0 Å². The molecule has 0 saturated carbocycles. The van der Waals surface area contributed by atoms with Crippen LogP contribution in [0.1, 0.15) is 65.1 Å². The Kier molecular flexibility index (Phi) is 5.63. The summed E-state index contributed by atoms with van der Waals surface area (Å²) in [7, 11) is 0. The molecule has 1 heterocycles. The SMILES string of the molecule is CCC(CC)n1ccc(CC(O)C2CC(C)=CC(C)C2)n1. The van der Waals surface area contributed by atoms with Crippen LogP contribution < -0.4 is 0 Å². The number of hydrogen-bond acceptors (Lipinski definition) is 2. The van der Waals surface area contributed by atoms with Gasteiger partial charge in [-0.25, -0.2) is 0 Å². The van der Waals surface area contributed by atoms with Crippen LogP contribution in [-0.4, -0.2) is 21.0 Å². The van der Waals surface area contributed by atoms with E-state index in [-0.39, 0.29) is 6.10 Å². The van der Waals surface area contributed by atoms with Crippen LogP contribution in [0.3, 0.4) is 0 Å². The van der Waals surface area contributed by atoms with Crippen molar-refractivity contribution in [2.45, 2.75) is 71.9 Å². The van der Waals surface area contributed by atoms with Crippen LogP contribution in [0.15, 0.2) is 23.9 Å². The highest BCUT2D eigenvalue weighted by molar-refractivity contribution is 5.09. The summed E-state index contributed by atoms with van der Waals surface area (Å²) in [6, 6.07) is 2.55. The van der Waals surface area contributed by atoms with E-state index in [0.717, 1.165) is 31.4 Å². The fourth-order valence-electron chi connectivity index (χ4n) is 3.62. The normalized spacial score (nSPS) is 24.2. The second kappa shape index (κ2) is 7.26. The van der Waals surface area contributed by atoms with Crippen LogP contribution in [0.4, 0.5) is 0 Å². The number of aromatic nitrogens is 2. The first-order valence-electron chi connectivity index (χ1n) is 8.42. The molecule has 0 fully saturated rings. The molecule has 0 amide bonds. The Hall–Kier alpha value is -1.09. The van der Waals surface area contributed by atoms with E-state index in [4.69, 9.17) is 0 Å². The molecule has 2 rings (SSSR count). The van der Waals surface area contributed by atoms with Crippen molar-refractivity contribution in [1.29, 1.82) is 0 Å². The zero-order valence-corrected chi connectivity index (χ0v) is 13.9. The number of rotatable bonds is 6. The van der Waals surface area contributed by atoms with Crippen molar-refractivity contribution in [3.05, 3.63) is 29.6 Å². The first-order valence-corrected chi connectivity index (χ1v) is 8.42. The fourth-order valence-corrected chi connectivity index (χ4v) is 3.62. The average molecular weight is 290 g/mol. The van der Waals surface area contributed by atoms with Crippen molar-refractivity contribution in [2.75, 3.05) is 0 Å². The predicted molar refractivity (Wildman–Crippen MR) is 87.2 cm³/mol. The maximum Gasteiger partial charge on any atom is 0.0650 e. The lowest BCUT2D eigenvalue weighted by Crippen LogP contribution is -2.27. The lowest BCUT2D eigenvalue weighted by molar-refractivity contribution is 0.0921. The monoisotopic (exact) mass is 290 g/mol. The molecule has 1 N–H and O–H groups in total. The first kappa shape index (κ1) is 16.3. The topological polar surface area (TPSA) is 38.0 Å². The molecule has 0 radical (unpaired) electrons. The molecule has 3 atom stereocenters. The van der Waals surface area contributed by atoms with Gasteiger partial charge in [-0.15, -0.1) is 0 Å². The van der Waals surface area contributed by atoms with Gasteiger partial charge in [0.25, 0.3) is 0 Å². The van der Waals surface area contributed by atoms with Gasteiger partial charge in [-0.05, 0) is 50.5 Å². The van der Waals surface area contributed by atoms with Crippen LogP contribution in [0.25, 0.3) is 0 Å². The summed E-state index contributed by atoms with van der Waals surface area (Å²) in [5, 5.41) is 15.2. The Balaban J connectivity index is 1.97. The Morgan fingerprint density at radius 2 is 2.10 bits per heavy atom. The third-order valence-corrected chi connectivity index (χ3v) is 4.77. The molecule has 1 aromatic heterocycles. The van der Waals surface area contributed by atoms with E-state index in [1.807, 2.05) is 0 Å². The van der Waals surface area contributed by atoms with Crippen molar-refractivity contribution in [1.82, 2.24) is 9.78 Å². The Morgan fingerprint density at radius 1 is 1.38 bits per heavy atom. The summed E-state index contributed by atoms with van der Waals surface area (Å²) in [6.45, 7) is 8.81. The van der Waals surface area contributed by atoms with Gasteiger partial charge in [0.05, 0.1) is 17.8 Å². The maximum absolute atomic E-state index is 10.5. The highest BCUT2D eigenvalue weighted by Crippen LogP contribution is 2.31. The molecule has 21 heavy (non-hydrogen) atoms. The summed E-state index contributed by atoms with van der Waals surface area (Å²) >= 11 is 0. The summed E-state index contributed by atoms with van der Waals surface area (Å²) < 4.78 is 2.07. The lowest BCUT2D eigenvalue weighted by Gasteiger charge is -2.29. The number of hydrogen-bond donors (Lipinski definition) is 1. The van der Waals surface area contributed by atoms with Gasteiger partial charge in [0.15, 0.2) is 0 Å². The Labute approximate surface area is 129 Å². The lowest BCUT2D eigenvalue weighted by atomic mass is 9.79. The van der Waals surface area contributed by atoms with E-state index in [0.29, 0.717) is 24.3 Å². The molecular weight excluding hydrogens is 260 g/mol. The molecule has 3 heteroatoms. The predicted octanol–water partition coefficient (Wildman–Crippen LogP) is 4.14. The van der Waals surface area contributed by atoms with Crippen LogP contribution in [0.5, 0.6) is 0 Å². The standard InChI is InChI=1S/C18H30N2O/c1-5-17(6-2)20-8-7-16(19-20)12-18(21)15-10-13(3)9-14(4)11-15/h7-9,13,15,17-18,21H,5-6,10-12H2,1-4H3. The number of allylic oxidation sites excluding steroid dienone is 2. The van der Waals surface area contributed by atoms with Gasteiger partial charge in [0.2, 0.25) is 0 Å². The average Bonchev–Trinajstić information content (AvgIpc) is 2.87. The summed E-state index contributed by atoms with van der Waals surface area (Å²) in [5.74, 6) is 0.962. The second-order valence-electron chi connectivity index (χ2n) is 6.72. The van der Waals surface area contributed by atoms with Crippen LogP contribution in [-0.2, 0) is 6.42 Å². The molecule has 0 saturated heterocycles. The van der Waals surface area contributed by atoms with Crippen LogP contribution >= 0.6 is 0 Å². The molecule has 0 aliphatic heterocycles. The summed E-state index contributed by atoms with van der Waals surface area (Å²) in [6.07, 6.45) is 9.12. The number of aliphatic hydroxyl groups excluding tert-OH is 1. The van der Waals surface area contributed by atoms with Crippen molar-refractivity contribution >= 4 is 0 Å². The van der Waals surface area contributed by atoms with Gasteiger partial charge in [-0.3, -0.25) is 4.68 Å². The molecule has 1 aliphatic carbocycles. The smallest absolute Gasteiger partial charge is 0.0650 e. The molecule has 3 nitrogen and oxygen atoms in total. The molecule has 118 valence electrons. The van der Waals surface area contributed by atoms with Crippen LogP contribution in [0.2, 0.25) is 0 Å². The van der Waals surface area contributed by atoms with Gasteiger partial charge in [-0.1, -0.05) is 32.4 Å². The molecule has 0 spiro atoms. The zero-order valence-electron chi connectivity index (χ0n) is 13.9. The van der Waals surface area contributed by atoms with Gasteiger partial charge < -0.3 is 5.11 Å². The summed E-state index contributed by atoms with van der Waals surface area (Å²) in [5.41, 5.74) is 2.44. The zero-order chi connectivity index (χ0) is 15.4. The fraction of sp³-hybridized carbons (Fsp3) is 0.722. The Bertz CT molecular complexity index is 473. The first-order chi connectivity index (χ1) is 10.0. The number of aliphatic hydroxyl groups is 1. The maximum atomic E-state index is 10.5. The summed E-state index contributed by atoms with van der Waals surface area (Å²) in [4.78, 5) is 0. The third-order valence-electron chi connectivity index (χ3n) is 4.77. The van der Waals surface area contributed by atoms with Crippen molar-refractivity contribution in [3.8, 4) is 0 Å². The van der Waals surface area contributed by atoms with Gasteiger partial charge >= 0.3 is 0 Å². The molecule has 1 aliphatic rings. The van der Waals surface area contributed by atoms with Crippen molar-refractivity contribution < 1.29 is 5.11 Å². The molecule has 1 aromatic rings. The highest BCUT2D eigenvalue weighted by atomic mass is 16.3. The quantitative estimate of drug-likeness (QED) is 0.800. The van der Waals surface area contributed by atoms with E-state index < -0.39 is 0 Å². The van der Waals surface area contributed by atoms with E-state index in [2.05, 4.69) is 55.8 Å². The third kappa shape index (κ3) is 4.19. The second-order valence-corrected chi connectivity index (χ2v) is 6.72. The molecule has 0 aromatic carbocycles. The van der Waals surface area contributed by atoms with Gasteiger partial charge in [0, 0.05) is 12.6 Å². The minimum atomic E-state index is -0.277. The van der Waals surface area contributed by atoms with Crippen molar-refractivity contribution in [2.24, 2.45) is 11.8 Å². The molecule has 3 unspecified atom stereocenters. The highest BCUT2D eigenvalue weighted by Gasteiger charge is 2.25. The number of nitrogens with zero attached hydrogens (tertiary/aromatic N) is 2. The minimum Gasteiger partial charge on any atom is -0.392 e.